The number of carbonyl (C=O) groups excluding carboxylic acids is 1. The highest BCUT2D eigenvalue weighted by Gasteiger charge is 2.29. The monoisotopic (exact) mass is 257 g/mol. The third-order valence-electron chi connectivity index (χ3n) is 3.95. The van der Waals surface area contributed by atoms with E-state index >= 15 is 0 Å². The fraction of sp³-hybridized carbons (Fsp3) is 0.857. The Hall–Kier alpha value is -1.06. The second kappa shape index (κ2) is 8.11. The molecular formula is C14H27NO3. The van der Waals surface area contributed by atoms with Gasteiger partial charge in [-0.2, -0.15) is 0 Å². The van der Waals surface area contributed by atoms with Crippen LogP contribution in [0.15, 0.2) is 0 Å². The molecule has 0 saturated heterocycles. The molecule has 18 heavy (non-hydrogen) atoms. The Morgan fingerprint density at radius 1 is 1.06 bits per heavy atom. The molecule has 0 saturated carbocycles. The minimum Gasteiger partial charge on any atom is -0.480 e. The number of hydrogen-bond donors (Lipinski definition) is 2. The van der Waals surface area contributed by atoms with Gasteiger partial charge < -0.3 is 10.4 Å². The molecule has 0 aliphatic carbocycles. The number of carboxylic acid groups (broad SMARTS) is 1. The van der Waals surface area contributed by atoms with Crippen molar-refractivity contribution in [3.05, 3.63) is 0 Å². The van der Waals surface area contributed by atoms with Crippen molar-refractivity contribution in [1.82, 2.24) is 5.32 Å². The van der Waals surface area contributed by atoms with Crippen molar-refractivity contribution < 1.29 is 14.7 Å². The molecule has 106 valence electrons. The van der Waals surface area contributed by atoms with E-state index in [0.717, 1.165) is 19.3 Å². The molecule has 1 unspecified atom stereocenters. The van der Waals surface area contributed by atoms with Gasteiger partial charge in [0.15, 0.2) is 0 Å². The average Bonchev–Trinajstić information content (AvgIpc) is 2.35. The van der Waals surface area contributed by atoms with Crippen LogP contribution >= 0.6 is 0 Å². The van der Waals surface area contributed by atoms with Crippen LogP contribution in [0.25, 0.3) is 0 Å². The summed E-state index contributed by atoms with van der Waals surface area (Å²) in [7, 11) is 0. The van der Waals surface area contributed by atoms with E-state index in [4.69, 9.17) is 5.11 Å². The summed E-state index contributed by atoms with van der Waals surface area (Å²) in [5, 5.41) is 11.8. The predicted molar refractivity (Wildman–Crippen MR) is 72.3 cm³/mol. The van der Waals surface area contributed by atoms with Gasteiger partial charge in [0.05, 0.1) is 0 Å². The summed E-state index contributed by atoms with van der Waals surface area (Å²) < 4.78 is 0. The van der Waals surface area contributed by atoms with Crippen molar-refractivity contribution in [3.63, 3.8) is 0 Å². The number of amides is 1. The molecule has 0 spiro atoms. The van der Waals surface area contributed by atoms with Crippen LogP contribution in [0.2, 0.25) is 0 Å². The lowest BCUT2D eigenvalue weighted by molar-refractivity contribution is -0.144. The lowest BCUT2D eigenvalue weighted by atomic mass is 9.88. The first kappa shape index (κ1) is 16.9. The van der Waals surface area contributed by atoms with Gasteiger partial charge in [-0.15, -0.1) is 0 Å². The van der Waals surface area contributed by atoms with Crippen LogP contribution in [0.4, 0.5) is 0 Å². The molecule has 0 aromatic heterocycles. The summed E-state index contributed by atoms with van der Waals surface area (Å²) in [5.41, 5.74) is 0. The molecule has 0 aromatic rings. The molecule has 0 rings (SSSR count). The van der Waals surface area contributed by atoms with Crippen LogP contribution in [0, 0.1) is 17.8 Å². The number of rotatable bonds is 8. The summed E-state index contributed by atoms with van der Waals surface area (Å²) in [6, 6.07) is -0.778. The molecule has 4 heteroatoms. The second-order valence-corrected chi connectivity index (χ2v) is 5.08. The maximum atomic E-state index is 12.1. The fourth-order valence-electron chi connectivity index (χ4n) is 2.18. The molecule has 0 bridgehead atoms. The van der Waals surface area contributed by atoms with Crippen LogP contribution in [-0.4, -0.2) is 23.0 Å². The molecule has 2 N–H and O–H groups in total. The lowest BCUT2D eigenvalue weighted by Gasteiger charge is -2.25. The maximum Gasteiger partial charge on any atom is 0.326 e. The predicted octanol–water partition coefficient (Wildman–Crippen LogP) is 2.67. The SMILES string of the molecule is CCC(CC)C(C)C(=O)N[C@H](C(=O)O)[C@@H](C)CC. The van der Waals surface area contributed by atoms with Crippen LogP contribution in [0.5, 0.6) is 0 Å². The standard InChI is InChI=1S/C14H27NO3/c1-6-9(4)12(14(17)18)15-13(16)10(5)11(7-2)8-3/h9-12H,6-8H2,1-5H3,(H,15,16)(H,17,18)/t9-,10?,12-/m0/s1. The molecule has 0 fully saturated rings. The van der Waals surface area contributed by atoms with Gasteiger partial charge in [-0.1, -0.05) is 53.9 Å². The quantitative estimate of drug-likeness (QED) is 0.702. The smallest absolute Gasteiger partial charge is 0.326 e. The van der Waals surface area contributed by atoms with Gasteiger partial charge in [0, 0.05) is 5.92 Å². The first-order valence-electron chi connectivity index (χ1n) is 6.92. The van der Waals surface area contributed by atoms with E-state index in [9.17, 15) is 9.59 Å². The highest BCUT2D eigenvalue weighted by Crippen LogP contribution is 2.20. The first-order valence-corrected chi connectivity index (χ1v) is 6.92. The molecule has 4 nitrogen and oxygen atoms in total. The highest BCUT2D eigenvalue weighted by atomic mass is 16.4. The van der Waals surface area contributed by atoms with Crippen LogP contribution in [0.3, 0.4) is 0 Å². The van der Waals surface area contributed by atoms with Gasteiger partial charge in [0.1, 0.15) is 6.04 Å². The molecule has 0 aromatic carbocycles. The van der Waals surface area contributed by atoms with Gasteiger partial charge in [0.2, 0.25) is 5.91 Å². The Bertz CT molecular complexity index is 274. The Kier molecular flexibility index (Phi) is 7.64. The van der Waals surface area contributed by atoms with Crippen LogP contribution < -0.4 is 5.32 Å². The summed E-state index contributed by atoms with van der Waals surface area (Å²) >= 11 is 0. The van der Waals surface area contributed by atoms with Crippen molar-refractivity contribution in [2.45, 2.75) is 59.9 Å². The minimum atomic E-state index is -0.950. The first-order chi connectivity index (χ1) is 8.38. The maximum absolute atomic E-state index is 12.1. The topological polar surface area (TPSA) is 66.4 Å². The summed E-state index contributed by atoms with van der Waals surface area (Å²) in [6.07, 6.45) is 2.61. The van der Waals surface area contributed by atoms with E-state index in [1.807, 2.05) is 20.8 Å². The minimum absolute atomic E-state index is 0.0552. The van der Waals surface area contributed by atoms with Crippen molar-refractivity contribution in [1.29, 1.82) is 0 Å². The van der Waals surface area contributed by atoms with E-state index < -0.39 is 12.0 Å². The van der Waals surface area contributed by atoms with E-state index in [2.05, 4.69) is 19.2 Å². The van der Waals surface area contributed by atoms with E-state index in [1.54, 1.807) is 0 Å². The van der Waals surface area contributed by atoms with Gasteiger partial charge in [-0.3, -0.25) is 4.79 Å². The third-order valence-corrected chi connectivity index (χ3v) is 3.95. The largest absolute Gasteiger partial charge is 0.480 e. The van der Waals surface area contributed by atoms with Gasteiger partial charge >= 0.3 is 5.97 Å². The Morgan fingerprint density at radius 3 is 1.89 bits per heavy atom. The summed E-state index contributed by atoms with van der Waals surface area (Å²) in [5.74, 6) is -0.964. The fourth-order valence-corrected chi connectivity index (χ4v) is 2.18. The van der Waals surface area contributed by atoms with E-state index in [0.29, 0.717) is 5.92 Å². The zero-order chi connectivity index (χ0) is 14.3. The summed E-state index contributed by atoms with van der Waals surface area (Å²) in [4.78, 5) is 23.2. The van der Waals surface area contributed by atoms with Crippen molar-refractivity contribution in [2.75, 3.05) is 0 Å². The Labute approximate surface area is 110 Å². The number of carbonyl (C=O) groups is 2. The Balaban J connectivity index is 4.64. The molecule has 0 radical (unpaired) electrons. The normalized spacial score (nSPS) is 16.1. The molecular weight excluding hydrogens is 230 g/mol. The lowest BCUT2D eigenvalue weighted by Crippen LogP contribution is -2.47. The Morgan fingerprint density at radius 2 is 1.56 bits per heavy atom. The number of aliphatic carboxylic acids is 1. The van der Waals surface area contributed by atoms with Gasteiger partial charge in [-0.25, -0.2) is 4.79 Å². The van der Waals surface area contributed by atoms with Crippen LogP contribution in [0.1, 0.15) is 53.9 Å². The van der Waals surface area contributed by atoms with Crippen molar-refractivity contribution in [3.8, 4) is 0 Å². The zero-order valence-electron chi connectivity index (χ0n) is 12.2. The number of hydrogen-bond acceptors (Lipinski definition) is 2. The second-order valence-electron chi connectivity index (χ2n) is 5.08. The van der Waals surface area contributed by atoms with E-state index in [-0.39, 0.29) is 17.7 Å². The molecule has 3 atom stereocenters. The van der Waals surface area contributed by atoms with Gasteiger partial charge in [-0.05, 0) is 11.8 Å². The van der Waals surface area contributed by atoms with E-state index in [1.165, 1.54) is 0 Å². The molecule has 0 aliphatic heterocycles. The summed E-state index contributed by atoms with van der Waals surface area (Å²) in [6.45, 7) is 9.77. The molecule has 0 aliphatic rings. The number of carboxylic acids is 1. The molecule has 1 amide bonds. The highest BCUT2D eigenvalue weighted by molar-refractivity contribution is 5.85. The molecule has 0 heterocycles. The van der Waals surface area contributed by atoms with Crippen LogP contribution in [-0.2, 0) is 9.59 Å². The third kappa shape index (κ3) is 4.67. The zero-order valence-corrected chi connectivity index (χ0v) is 12.2. The number of nitrogens with one attached hydrogen (secondary N) is 1. The van der Waals surface area contributed by atoms with Gasteiger partial charge in [0.25, 0.3) is 0 Å². The average molecular weight is 257 g/mol. The van der Waals surface area contributed by atoms with Crippen molar-refractivity contribution in [2.24, 2.45) is 17.8 Å². The van der Waals surface area contributed by atoms with Crippen molar-refractivity contribution >= 4 is 11.9 Å².